The molecule has 0 unspecified atom stereocenters. The molecule has 26 heavy (non-hydrogen) atoms. The number of hydrogen-bond acceptors (Lipinski definition) is 5. The Balaban J connectivity index is 1.80. The number of aryl methyl sites for hydroxylation is 1. The zero-order chi connectivity index (χ0) is 17.9. The van der Waals surface area contributed by atoms with Gasteiger partial charge in [0.2, 0.25) is 0 Å². The second kappa shape index (κ2) is 6.93. The molecule has 0 radical (unpaired) electrons. The normalized spacial score (nSPS) is 10.7. The summed E-state index contributed by atoms with van der Waals surface area (Å²) < 4.78 is 0. The van der Waals surface area contributed by atoms with Crippen molar-refractivity contribution in [3.05, 3.63) is 71.5 Å². The molecule has 0 fully saturated rings. The second-order valence-corrected chi connectivity index (χ2v) is 6.25. The first-order valence-electron chi connectivity index (χ1n) is 8.02. The Morgan fingerprint density at radius 2 is 1.65 bits per heavy atom. The average molecular weight is 363 g/mol. The zero-order valence-electron chi connectivity index (χ0n) is 13.9. The summed E-state index contributed by atoms with van der Waals surface area (Å²) in [4.78, 5) is 4.68. The molecule has 2 heterocycles. The van der Waals surface area contributed by atoms with E-state index in [1.165, 1.54) is 5.56 Å². The number of hydrogen-bond donors (Lipinski definition) is 2. The van der Waals surface area contributed by atoms with Crippen LogP contribution in [0.1, 0.15) is 5.56 Å². The van der Waals surface area contributed by atoms with Crippen LogP contribution in [0.2, 0.25) is 5.02 Å². The fourth-order valence-electron chi connectivity index (χ4n) is 2.50. The number of rotatable bonds is 4. The molecule has 0 aliphatic heterocycles. The van der Waals surface area contributed by atoms with Gasteiger partial charge in [0.25, 0.3) is 0 Å². The van der Waals surface area contributed by atoms with E-state index in [2.05, 4.69) is 30.7 Å². The highest BCUT2D eigenvalue weighted by Gasteiger charge is 2.13. The SMILES string of the molecule is Cc1ccc(-c2nnc(-c3ccc(Cl)cc3)nc2Nc2cn[nH]c2)cc1. The van der Waals surface area contributed by atoms with Crippen LogP contribution in [0.5, 0.6) is 0 Å². The summed E-state index contributed by atoms with van der Waals surface area (Å²) >= 11 is 5.96. The van der Waals surface area contributed by atoms with Gasteiger partial charge in [0.1, 0.15) is 5.69 Å². The summed E-state index contributed by atoms with van der Waals surface area (Å²) in [5.74, 6) is 1.12. The van der Waals surface area contributed by atoms with Crippen molar-refractivity contribution in [2.75, 3.05) is 5.32 Å². The predicted octanol–water partition coefficient (Wildman–Crippen LogP) is 4.63. The largest absolute Gasteiger partial charge is 0.336 e. The number of aromatic nitrogens is 5. The molecule has 2 aromatic carbocycles. The lowest BCUT2D eigenvalue weighted by Crippen LogP contribution is -2.03. The van der Waals surface area contributed by atoms with Crippen LogP contribution < -0.4 is 5.32 Å². The van der Waals surface area contributed by atoms with Crippen LogP contribution in [-0.4, -0.2) is 25.4 Å². The maximum atomic E-state index is 5.96. The van der Waals surface area contributed by atoms with Gasteiger partial charge in [-0.2, -0.15) is 5.10 Å². The molecule has 0 bridgehead atoms. The lowest BCUT2D eigenvalue weighted by atomic mass is 10.1. The molecule has 0 spiro atoms. The Kier molecular flexibility index (Phi) is 4.33. The van der Waals surface area contributed by atoms with Crippen LogP contribution in [0, 0.1) is 6.92 Å². The van der Waals surface area contributed by atoms with E-state index in [4.69, 9.17) is 11.6 Å². The molecule has 0 aliphatic rings. The molecule has 0 amide bonds. The Morgan fingerprint density at radius 3 is 2.35 bits per heavy atom. The van der Waals surface area contributed by atoms with E-state index < -0.39 is 0 Å². The van der Waals surface area contributed by atoms with Crippen molar-refractivity contribution in [2.24, 2.45) is 0 Å². The number of anilines is 2. The first-order chi connectivity index (χ1) is 12.7. The smallest absolute Gasteiger partial charge is 0.183 e. The van der Waals surface area contributed by atoms with Crippen molar-refractivity contribution in [1.29, 1.82) is 0 Å². The topological polar surface area (TPSA) is 79.4 Å². The van der Waals surface area contributed by atoms with Crippen molar-refractivity contribution in [2.45, 2.75) is 6.92 Å². The molecular formula is C19H15ClN6. The van der Waals surface area contributed by atoms with E-state index in [1.54, 1.807) is 24.5 Å². The Bertz CT molecular complexity index is 1010. The highest BCUT2D eigenvalue weighted by atomic mass is 35.5. The molecule has 4 rings (SSSR count). The fraction of sp³-hybridized carbons (Fsp3) is 0.0526. The van der Waals surface area contributed by atoms with Crippen LogP contribution in [0.25, 0.3) is 22.6 Å². The van der Waals surface area contributed by atoms with E-state index in [-0.39, 0.29) is 0 Å². The third-order valence-corrected chi connectivity index (χ3v) is 4.13. The van der Waals surface area contributed by atoms with Crippen LogP contribution in [0.3, 0.4) is 0 Å². The molecule has 4 aromatic rings. The molecule has 128 valence electrons. The van der Waals surface area contributed by atoms with Gasteiger partial charge in [-0.25, -0.2) is 4.98 Å². The van der Waals surface area contributed by atoms with Crippen molar-refractivity contribution >= 4 is 23.1 Å². The van der Waals surface area contributed by atoms with E-state index in [0.717, 1.165) is 16.8 Å². The molecule has 0 saturated heterocycles. The van der Waals surface area contributed by atoms with Crippen LogP contribution in [-0.2, 0) is 0 Å². The van der Waals surface area contributed by atoms with Gasteiger partial charge in [-0.05, 0) is 31.2 Å². The maximum absolute atomic E-state index is 5.96. The lowest BCUT2D eigenvalue weighted by molar-refractivity contribution is 0.991. The number of nitrogens with zero attached hydrogens (tertiary/aromatic N) is 4. The summed E-state index contributed by atoms with van der Waals surface area (Å²) in [6, 6.07) is 15.4. The Labute approximate surface area is 155 Å². The fourth-order valence-corrected chi connectivity index (χ4v) is 2.62. The molecule has 0 aliphatic carbocycles. The molecule has 0 saturated carbocycles. The van der Waals surface area contributed by atoms with Crippen LogP contribution >= 0.6 is 11.6 Å². The van der Waals surface area contributed by atoms with Gasteiger partial charge >= 0.3 is 0 Å². The minimum Gasteiger partial charge on any atom is -0.336 e. The molecular weight excluding hydrogens is 348 g/mol. The third kappa shape index (κ3) is 3.41. The van der Waals surface area contributed by atoms with Crippen molar-refractivity contribution in [3.63, 3.8) is 0 Å². The van der Waals surface area contributed by atoms with Crippen molar-refractivity contribution in [3.8, 4) is 22.6 Å². The second-order valence-electron chi connectivity index (χ2n) is 5.82. The minimum absolute atomic E-state index is 0.517. The Morgan fingerprint density at radius 1 is 0.923 bits per heavy atom. The monoisotopic (exact) mass is 362 g/mol. The first kappa shape index (κ1) is 16.2. The van der Waals surface area contributed by atoms with Gasteiger partial charge in [0.15, 0.2) is 11.6 Å². The predicted molar refractivity (Wildman–Crippen MR) is 102 cm³/mol. The van der Waals surface area contributed by atoms with Gasteiger partial charge < -0.3 is 5.32 Å². The zero-order valence-corrected chi connectivity index (χ0v) is 14.7. The molecule has 0 atom stereocenters. The number of nitrogens with one attached hydrogen (secondary N) is 2. The van der Waals surface area contributed by atoms with Crippen LogP contribution in [0.15, 0.2) is 60.9 Å². The molecule has 7 heteroatoms. The number of aromatic amines is 1. The van der Waals surface area contributed by atoms with Gasteiger partial charge in [-0.15, -0.1) is 10.2 Å². The van der Waals surface area contributed by atoms with Crippen molar-refractivity contribution < 1.29 is 0 Å². The molecule has 2 N–H and O–H groups in total. The summed E-state index contributed by atoms with van der Waals surface area (Å²) in [5, 5.41) is 19.4. The Hall–Kier alpha value is -3.25. The van der Waals surface area contributed by atoms with E-state index in [9.17, 15) is 0 Å². The molecule has 6 nitrogen and oxygen atoms in total. The third-order valence-electron chi connectivity index (χ3n) is 3.88. The van der Waals surface area contributed by atoms with Gasteiger partial charge in [-0.3, -0.25) is 5.10 Å². The first-order valence-corrected chi connectivity index (χ1v) is 8.40. The summed E-state index contributed by atoms with van der Waals surface area (Å²) in [7, 11) is 0. The van der Waals surface area contributed by atoms with E-state index in [1.807, 2.05) is 43.3 Å². The van der Waals surface area contributed by atoms with Gasteiger partial charge in [0, 0.05) is 22.3 Å². The van der Waals surface area contributed by atoms with Crippen molar-refractivity contribution in [1.82, 2.24) is 25.4 Å². The number of halogens is 1. The maximum Gasteiger partial charge on any atom is 0.183 e. The van der Waals surface area contributed by atoms with E-state index >= 15 is 0 Å². The summed E-state index contributed by atoms with van der Waals surface area (Å²) in [6.45, 7) is 2.04. The minimum atomic E-state index is 0.517. The number of benzene rings is 2. The van der Waals surface area contributed by atoms with Gasteiger partial charge in [0.05, 0.1) is 11.9 Å². The molecule has 2 aromatic heterocycles. The standard InChI is InChI=1S/C19H15ClN6/c1-12-2-4-13(5-3-12)17-19(23-16-10-21-22-11-16)24-18(26-25-17)14-6-8-15(20)9-7-14/h2-11H,1H3,(H,21,22)(H,23,24,26). The highest BCUT2D eigenvalue weighted by Crippen LogP contribution is 2.28. The quantitative estimate of drug-likeness (QED) is 0.553. The summed E-state index contributed by atoms with van der Waals surface area (Å²) in [5.41, 5.74) is 4.42. The van der Waals surface area contributed by atoms with Gasteiger partial charge in [-0.1, -0.05) is 41.4 Å². The highest BCUT2D eigenvalue weighted by molar-refractivity contribution is 6.30. The van der Waals surface area contributed by atoms with E-state index in [0.29, 0.717) is 22.4 Å². The lowest BCUT2D eigenvalue weighted by Gasteiger charge is -2.10. The summed E-state index contributed by atoms with van der Waals surface area (Å²) in [6.07, 6.45) is 3.44. The number of H-pyrrole nitrogens is 1. The van der Waals surface area contributed by atoms with Crippen LogP contribution in [0.4, 0.5) is 11.5 Å². The average Bonchev–Trinajstić information content (AvgIpc) is 3.16.